The number of benzene rings is 3. The molecule has 3 aromatic rings. The molecule has 0 saturated heterocycles. The molecule has 1 N–H and O–H groups in total. The zero-order chi connectivity index (χ0) is 24.7. The number of ether oxygens (including phenoxy) is 3. The van der Waals surface area contributed by atoms with Crippen LogP contribution in [0.15, 0.2) is 71.6 Å². The first-order valence-corrected chi connectivity index (χ1v) is 12.1. The Hall–Kier alpha value is -3.43. The Labute approximate surface area is 204 Å². The monoisotopic (exact) mass is 504 g/mol. The third kappa shape index (κ3) is 5.73. The molecule has 3 aromatic carbocycles. The van der Waals surface area contributed by atoms with Crippen LogP contribution in [0.5, 0.6) is 17.2 Å². The van der Waals surface area contributed by atoms with Gasteiger partial charge in [0.25, 0.3) is 10.0 Å². The molecule has 0 aromatic heterocycles. The summed E-state index contributed by atoms with van der Waals surface area (Å²) >= 11 is 5.94. The van der Waals surface area contributed by atoms with E-state index in [9.17, 15) is 13.2 Å². The van der Waals surface area contributed by atoms with Gasteiger partial charge < -0.3 is 19.5 Å². The van der Waals surface area contributed by atoms with E-state index < -0.39 is 22.5 Å². The number of rotatable bonds is 10. The average Bonchev–Trinajstić information content (AvgIpc) is 2.83. The van der Waals surface area contributed by atoms with Crippen molar-refractivity contribution in [2.24, 2.45) is 0 Å². The summed E-state index contributed by atoms with van der Waals surface area (Å²) in [6, 6.07) is 17.2. The van der Waals surface area contributed by atoms with Crippen LogP contribution in [0.1, 0.15) is 6.92 Å². The number of nitrogens with one attached hydrogen (secondary N) is 1. The average molecular weight is 505 g/mol. The second kappa shape index (κ2) is 11.1. The quantitative estimate of drug-likeness (QED) is 0.434. The highest BCUT2D eigenvalue weighted by molar-refractivity contribution is 7.92. The van der Waals surface area contributed by atoms with Gasteiger partial charge in [0.2, 0.25) is 5.91 Å². The smallest absolute Gasteiger partial charge is 0.264 e. The molecule has 0 heterocycles. The number of hydrogen-bond donors (Lipinski definition) is 1. The lowest BCUT2D eigenvalue weighted by Crippen LogP contribution is -2.38. The molecule has 8 nitrogen and oxygen atoms in total. The van der Waals surface area contributed by atoms with Crippen molar-refractivity contribution in [3.05, 3.63) is 71.8 Å². The number of nitrogens with zero attached hydrogens (tertiary/aromatic N) is 1. The van der Waals surface area contributed by atoms with Crippen molar-refractivity contribution in [1.29, 1.82) is 0 Å². The number of anilines is 2. The zero-order valence-corrected chi connectivity index (χ0v) is 20.5. The van der Waals surface area contributed by atoms with Gasteiger partial charge in [-0.25, -0.2) is 8.42 Å². The molecule has 0 aliphatic heterocycles. The van der Waals surface area contributed by atoms with Crippen LogP contribution in [0.25, 0.3) is 0 Å². The molecule has 0 aliphatic carbocycles. The molecule has 0 spiro atoms. The first-order chi connectivity index (χ1) is 16.3. The van der Waals surface area contributed by atoms with E-state index in [1.165, 1.54) is 38.5 Å². The summed E-state index contributed by atoms with van der Waals surface area (Å²) in [6.45, 7) is 1.60. The lowest BCUT2D eigenvalue weighted by atomic mass is 10.2. The highest BCUT2D eigenvalue weighted by atomic mass is 35.5. The van der Waals surface area contributed by atoms with Crippen LogP contribution in [-0.2, 0) is 14.8 Å². The Morgan fingerprint density at radius 1 is 0.971 bits per heavy atom. The van der Waals surface area contributed by atoms with E-state index in [2.05, 4.69) is 5.32 Å². The van der Waals surface area contributed by atoms with Gasteiger partial charge in [-0.1, -0.05) is 23.7 Å². The van der Waals surface area contributed by atoms with Crippen molar-refractivity contribution in [3.63, 3.8) is 0 Å². The maximum absolute atomic E-state index is 13.6. The summed E-state index contributed by atoms with van der Waals surface area (Å²) in [5.41, 5.74) is 0.603. The molecule has 0 aliphatic rings. The van der Waals surface area contributed by atoms with Crippen LogP contribution in [0.4, 0.5) is 11.4 Å². The van der Waals surface area contributed by atoms with Gasteiger partial charge in [-0.3, -0.25) is 9.10 Å². The number of methoxy groups -OCH3 is 2. The van der Waals surface area contributed by atoms with E-state index in [1.54, 1.807) is 49.4 Å². The summed E-state index contributed by atoms with van der Waals surface area (Å²) in [5, 5.41) is 3.10. The highest BCUT2D eigenvalue weighted by Crippen LogP contribution is 2.33. The predicted molar refractivity (Wildman–Crippen MR) is 132 cm³/mol. The van der Waals surface area contributed by atoms with Gasteiger partial charge in [-0.05, 0) is 55.5 Å². The van der Waals surface area contributed by atoms with E-state index in [0.29, 0.717) is 34.6 Å². The Morgan fingerprint density at radius 3 is 2.32 bits per heavy atom. The van der Waals surface area contributed by atoms with Gasteiger partial charge in [0.15, 0.2) is 0 Å². The molecule has 3 rings (SSSR count). The Morgan fingerprint density at radius 2 is 1.68 bits per heavy atom. The molecule has 1 amide bonds. The van der Waals surface area contributed by atoms with E-state index in [4.69, 9.17) is 25.8 Å². The second-order valence-corrected chi connectivity index (χ2v) is 9.28. The predicted octanol–water partition coefficient (Wildman–Crippen LogP) is 4.59. The largest absolute Gasteiger partial charge is 0.497 e. The molecule has 0 atom stereocenters. The maximum Gasteiger partial charge on any atom is 0.264 e. The SMILES string of the molecule is CCOc1ccccc1N(CC(=O)Nc1ccc(OC)cc1OC)S(=O)(=O)c1ccc(Cl)cc1. The Balaban J connectivity index is 2.00. The number of hydrogen-bond acceptors (Lipinski definition) is 6. The number of halogens is 1. The van der Waals surface area contributed by atoms with E-state index >= 15 is 0 Å². The number of carbonyl (C=O) groups is 1. The van der Waals surface area contributed by atoms with Gasteiger partial charge in [0.05, 0.1) is 37.1 Å². The minimum absolute atomic E-state index is 0.0157. The summed E-state index contributed by atoms with van der Waals surface area (Å²) in [6.07, 6.45) is 0. The molecular formula is C24H25ClN2O6S. The van der Waals surface area contributed by atoms with Crippen LogP contribution in [0, 0.1) is 0 Å². The third-order valence-electron chi connectivity index (χ3n) is 4.81. The highest BCUT2D eigenvalue weighted by Gasteiger charge is 2.29. The molecule has 0 unspecified atom stereocenters. The van der Waals surface area contributed by atoms with E-state index in [0.717, 1.165) is 4.31 Å². The number of sulfonamides is 1. The van der Waals surface area contributed by atoms with Gasteiger partial charge in [-0.2, -0.15) is 0 Å². The molecule has 34 heavy (non-hydrogen) atoms. The van der Waals surface area contributed by atoms with E-state index in [-0.39, 0.29) is 10.6 Å². The molecule has 0 saturated carbocycles. The summed E-state index contributed by atoms with van der Waals surface area (Å²) in [7, 11) is -1.17. The van der Waals surface area contributed by atoms with Crippen molar-refractivity contribution < 1.29 is 27.4 Å². The second-order valence-electron chi connectivity index (χ2n) is 6.98. The fraction of sp³-hybridized carbons (Fsp3) is 0.208. The minimum Gasteiger partial charge on any atom is -0.497 e. The van der Waals surface area contributed by atoms with Gasteiger partial charge in [-0.15, -0.1) is 0 Å². The van der Waals surface area contributed by atoms with Crippen LogP contribution in [0.2, 0.25) is 5.02 Å². The van der Waals surface area contributed by atoms with Crippen molar-refractivity contribution in [2.45, 2.75) is 11.8 Å². The van der Waals surface area contributed by atoms with Gasteiger partial charge in [0, 0.05) is 11.1 Å². The fourth-order valence-electron chi connectivity index (χ4n) is 3.20. The van der Waals surface area contributed by atoms with Crippen molar-refractivity contribution in [2.75, 3.05) is 37.0 Å². The maximum atomic E-state index is 13.6. The van der Waals surface area contributed by atoms with Gasteiger partial charge in [0.1, 0.15) is 23.8 Å². The Bertz CT molecular complexity index is 1250. The molecule has 0 fully saturated rings. The lowest BCUT2D eigenvalue weighted by Gasteiger charge is -2.26. The third-order valence-corrected chi connectivity index (χ3v) is 6.83. The number of carbonyl (C=O) groups excluding carboxylic acids is 1. The van der Waals surface area contributed by atoms with Crippen molar-refractivity contribution >= 4 is 38.9 Å². The summed E-state index contributed by atoms with van der Waals surface area (Å²) in [5.74, 6) is 0.673. The topological polar surface area (TPSA) is 94.2 Å². The molecule has 0 bridgehead atoms. The normalized spacial score (nSPS) is 10.9. The van der Waals surface area contributed by atoms with Crippen LogP contribution >= 0.6 is 11.6 Å². The first-order valence-electron chi connectivity index (χ1n) is 10.3. The minimum atomic E-state index is -4.14. The zero-order valence-electron chi connectivity index (χ0n) is 18.9. The number of para-hydroxylation sites is 2. The summed E-state index contributed by atoms with van der Waals surface area (Å²) in [4.78, 5) is 13.0. The van der Waals surface area contributed by atoms with Crippen LogP contribution in [-0.4, -0.2) is 41.7 Å². The van der Waals surface area contributed by atoms with Crippen molar-refractivity contribution in [3.8, 4) is 17.2 Å². The van der Waals surface area contributed by atoms with Gasteiger partial charge >= 0.3 is 0 Å². The molecule has 0 radical (unpaired) electrons. The molecule has 10 heteroatoms. The molecule has 180 valence electrons. The summed E-state index contributed by atoms with van der Waals surface area (Å²) < 4.78 is 44.3. The lowest BCUT2D eigenvalue weighted by molar-refractivity contribution is -0.114. The first kappa shape index (κ1) is 25.2. The van der Waals surface area contributed by atoms with Crippen molar-refractivity contribution in [1.82, 2.24) is 0 Å². The fourth-order valence-corrected chi connectivity index (χ4v) is 4.75. The molecular weight excluding hydrogens is 480 g/mol. The van der Waals surface area contributed by atoms with Crippen LogP contribution in [0.3, 0.4) is 0 Å². The van der Waals surface area contributed by atoms with Crippen LogP contribution < -0.4 is 23.8 Å². The van der Waals surface area contributed by atoms with E-state index in [1.807, 2.05) is 0 Å². The Kier molecular flexibility index (Phi) is 8.25. The standard InChI is InChI=1S/C24H25ClN2O6S/c1-4-33-22-8-6-5-7-21(22)27(34(29,30)19-12-9-17(25)10-13-19)16-24(28)26-20-14-11-18(31-2)15-23(20)32-3/h5-15H,4,16H2,1-3H3,(H,26,28). The number of amides is 1.